The quantitative estimate of drug-likeness (QED) is 0.829. The second kappa shape index (κ2) is 7.59. The fourth-order valence-corrected chi connectivity index (χ4v) is 3.81. The second-order valence-corrected chi connectivity index (χ2v) is 7.96. The third kappa shape index (κ3) is 3.57. The van der Waals surface area contributed by atoms with Gasteiger partial charge in [-0.1, -0.05) is 26.8 Å². The van der Waals surface area contributed by atoms with E-state index in [9.17, 15) is 10.1 Å². The Morgan fingerprint density at radius 1 is 1.32 bits per heavy atom. The van der Waals surface area contributed by atoms with Crippen LogP contribution in [0.2, 0.25) is 0 Å². The van der Waals surface area contributed by atoms with Gasteiger partial charge in [0.15, 0.2) is 17.3 Å². The predicted octanol–water partition coefficient (Wildman–Crippen LogP) is 3.93. The summed E-state index contributed by atoms with van der Waals surface area (Å²) in [7, 11) is 1.57. The van der Waals surface area contributed by atoms with E-state index in [1.807, 2.05) is 39.0 Å². The fourth-order valence-electron chi connectivity index (χ4n) is 3.81. The molecule has 1 aromatic rings. The Balaban J connectivity index is 2.11. The van der Waals surface area contributed by atoms with Crippen LogP contribution in [-0.2, 0) is 9.53 Å². The topological polar surface area (TPSA) is 94.6 Å². The van der Waals surface area contributed by atoms with Crippen LogP contribution in [0.25, 0.3) is 0 Å². The number of allylic oxidation sites excluding steroid dienone is 3. The minimum atomic E-state index is -0.563. The molecule has 0 radical (unpaired) electrons. The first-order valence-corrected chi connectivity index (χ1v) is 9.46. The molecule has 148 valence electrons. The number of hydrogen-bond donors (Lipinski definition) is 1. The third-order valence-electron chi connectivity index (χ3n) is 5.06. The molecule has 0 aromatic heterocycles. The van der Waals surface area contributed by atoms with Crippen molar-refractivity contribution in [1.82, 2.24) is 0 Å². The highest BCUT2D eigenvalue weighted by molar-refractivity contribution is 6.00. The summed E-state index contributed by atoms with van der Waals surface area (Å²) >= 11 is 0. The zero-order chi connectivity index (χ0) is 20.5. The largest absolute Gasteiger partial charge is 0.493 e. The molecule has 0 saturated heterocycles. The van der Waals surface area contributed by atoms with Crippen molar-refractivity contribution in [3.8, 4) is 17.6 Å². The van der Waals surface area contributed by atoms with Gasteiger partial charge in [0.25, 0.3) is 0 Å². The molecule has 1 aliphatic carbocycles. The van der Waals surface area contributed by atoms with E-state index >= 15 is 0 Å². The van der Waals surface area contributed by atoms with Gasteiger partial charge in [-0.3, -0.25) is 4.79 Å². The van der Waals surface area contributed by atoms with Gasteiger partial charge in [0.05, 0.1) is 19.6 Å². The van der Waals surface area contributed by atoms with Gasteiger partial charge in [0.1, 0.15) is 17.4 Å². The number of carbonyl (C=O) groups excluding carboxylic acids is 1. The van der Waals surface area contributed by atoms with Crippen LogP contribution < -0.4 is 15.2 Å². The van der Waals surface area contributed by atoms with Gasteiger partial charge in [0, 0.05) is 18.4 Å². The first-order valence-electron chi connectivity index (χ1n) is 9.46. The van der Waals surface area contributed by atoms with Crippen LogP contribution in [-0.4, -0.2) is 19.5 Å². The first kappa shape index (κ1) is 19.8. The highest BCUT2D eigenvalue weighted by Gasteiger charge is 2.43. The van der Waals surface area contributed by atoms with Gasteiger partial charge in [-0.25, -0.2) is 0 Å². The number of nitriles is 1. The molecular formula is C22H26N2O4. The molecule has 3 rings (SSSR count). The van der Waals surface area contributed by atoms with Crippen molar-refractivity contribution in [2.45, 2.75) is 46.0 Å². The van der Waals surface area contributed by atoms with E-state index in [4.69, 9.17) is 19.9 Å². The molecule has 0 spiro atoms. The Hall–Kier alpha value is -2.94. The van der Waals surface area contributed by atoms with Crippen LogP contribution in [0.1, 0.15) is 51.5 Å². The summed E-state index contributed by atoms with van der Waals surface area (Å²) in [6.45, 7) is 6.65. The Morgan fingerprint density at radius 2 is 2.07 bits per heavy atom. The molecule has 1 heterocycles. The summed E-state index contributed by atoms with van der Waals surface area (Å²) in [5.74, 6) is 1.23. The summed E-state index contributed by atoms with van der Waals surface area (Å²) in [4.78, 5) is 13.0. The van der Waals surface area contributed by atoms with Gasteiger partial charge in [-0.2, -0.15) is 5.26 Å². The van der Waals surface area contributed by atoms with Crippen LogP contribution in [0.4, 0.5) is 0 Å². The zero-order valence-electron chi connectivity index (χ0n) is 16.8. The Morgan fingerprint density at radius 3 is 2.71 bits per heavy atom. The molecule has 2 N–H and O–H groups in total. The average Bonchev–Trinajstić information content (AvgIpc) is 2.64. The number of nitrogens with two attached hydrogens (primary N) is 1. The maximum Gasteiger partial charge on any atom is 0.205 e. The summed E-state index contributed by atoms with van der Waals surface area (Å²) in [5, 5.41) is 9.71. The van der Waals surface area contributed by atoms with Crippen LogP contribution in [0.5, 0.6) is 11.5 Å². The van der Waals surface area contributed by atoms with E-state index < -0.39 is 5.92 Å². The number of nitrogens with zero attached hydrogens (tertiary/aromatic N) is 1. The molecule has 1 aliphatic heterocycles. The number of rotatable bonds is 5. The monoisotopic (exact) mass is 382 g/mol. The normalized spacial score (nSPS) is 21.0. The van der Waals surface area contributed by atoms with Crippen molar-refractivity contribution in [2.24, 2.45) is 11.1 Å². The lowest BCUT2D eigenvalue weighted by Crippen LogP contribution is -2.33. The molecular weight excluding hydrogens is 356 g/mol. The molecule has 0 amide bonds. The van der Waals surface area contributed by atoms with E-state index in [2.05, 4.69) is 6.07 Å². The molecule has 28 heavy (non-hydrogen) atoms. The molecule has 2 aliphatic rings. The van der Waals surface area contributed by atoms with Crippen molar-refractivity contribution in [3.05, 3.63) is 46.6 Å². The lowest BCUT2D eigenvalue weighted by atomic mass is 9.70. The SMILES string of the molecule is CCCOc1ccc(C2C(C#N)=C(N)OC3=C2C(=O)CC(C)(C)C3)cc1OC. The standard InChI is InChI=1S/C22H26N2O4/c1-5-8-27-16-7-6-13(9-17(16)26-4)19-14(12-23)21(24)28-18-11-22(2,3)10-15(25)20(18)19/h6-7,9,19H,5,8,10-11,24H2,1-4H3. The molecule has 6 nitrogen and oxygen atoms in total. The molecule has 1 unspecified atom stereocenters. The van der Waals surface area contributed by atoms with E-state index in [-0.39, 0.29) is 22.7 Å². The predicted molar refractivity (Wildman–Crippen MR) is 104 cm³/mol. The van der Waals surface area contributed by atoms with Crippen molar-refractivity contribution in [2.75, 3.05) is 13.7 Å². The summed E-state index contributed by atoms with van der Waals surface area (Å²) in [6.07, 6.45) is 1.88. The maximum absolute atomic E-state index is 13.0. The molecule has 0 saturated carbocycles. The van der Waals surface area contributed by atoms with Crippen molar-refractivity contribution >= 4 is 5.78 Å². The minimum absolute atomic E-state index is 0.0122. The molecule has 0 bridgehead atoms. The Kier molecular flexibility index (Phi) is 5.37. The number of Topliss-reactive ketones (excluding diaryl/α,β-unsaturated/α-hetero) is 1. The zero-order valence-corrected chi connectivity index (χ0v) is 16.8. The van der Waals surface area contributed by atoms with Gasteiger partial charge < -0.3 is 19.9 Å². The number of benzene rings is 1. The highest BCUT2D eigenvalue weighted by Crippen LogP contribution is 2.48. The summed E-state index contributed by atoms with van der Waals surface area (Å²) < 4.78 is 16.9. The third-order valence-corrected chi connectivity index (χ3v) is 5.06. The van der Waals surface area contributed by atoms with Crippen molar-refractivity contribution in [3.63, 3.8) is 0 Å². The lowest BCUT2D eigenvalue weighted by Gasteiger charge is -2.37. The van der Waals surface area contributed by atoms with Crippen LogP contribution in [0, 0.1) is 16.7 Å². The average molecular weight is 382 g/mol. The highest BCUT2D eigenvalue weighted by atomic mass is 16.5. The van der Waals surface area contributed by atoms with Crippen LogP contribution >= 0.6 is 0 Å². The number of hydrogen-bond acceptors (Lipinski definition) is 6. The van der Waals surface area contributed by atoms with Crippen molar-refractivity contribution in [1.29, 1.82) is 5.26 Å². The smallest absolute Gasteiger partial charge is 0.205 e. The summed E-state index contributed by atoms with van der Waals surface area (Å²) in [5.41, 5.74) is 7.37. The van der Waals surface area contributed by atoms with Gasteiger partial charge in [-0.15, -0.1) is 0 Å². The van der Waals surface area contributed by atoms with E-state index in [1.165, 1.54) is 0 Å². The van der Waals surface area contributed by atoms with Gasteiger partial charge in [0.2, 0.25) is 5.88 Å². The molecule has 6 heteroatoms. The van der Waals surface area contributed by atoms with Crippen molar-refractivity contribution < 1.29 is 19.0 Å². The van der Waals surface area contributed by atoms with Gasteiger partial charge in [-0.05, 0) is 29.5 Å². The van der Waals surface area contributed by atoms with Crippen LogP contribution in [0.15, 0.2) is 41.0 Å². The molecule has 1 aromatic carbocycles. The van der Waals surface area contributed by atoms with E-state index in [1.54, 1.807) is 7.11 Å². The minimum Gasteiger partial charge on any atom is -0.493 e. The van der Waals surface area contributed by atoms with E-state index in [0.717, 1.165) is 12.0 Å². The Bertz CT molecular complexity index is 906. The number of methoxy groups -OCH3 is 1. The van der Waals surface area contributed by atoms with E-state index in [0.29, 0.717) is 42.3 Å². The fraction of sp³-hybridized carbons (Fsp3) is 0.455. The number of ether oxygens (including phenoxy) is 3. The van der Waals surface area contributed by atoms with Gasteiger partial charge >= 0.3 is 0 Å². The summed E-state index contributed by atoms with van der Waals surface area (Å²) in [6, 6.07) is 7.60. The number of carbonyl (C=O) groups is 1. The Labute approximate surface area is 165 Å². The number of ketones is 1. The van der Waals surface area contributed by atoms with Crippen LogP contribution in [0.3, 0.4) is 0 Å². The molecule has 0 fully saturated rings. The molecule has 1 atom stereocenters. The first-order chi connectivity index (χ1) is 13.3. The lowest BCUT2D eigenvalue weighted by molar-refractivity contribution is -0.119. The maximum atomic E-state index is 13.0. The second-order valence-electron chi connectivity index (χ2n) is 7.96.